The molecule has 0 bridgehead atoms. The normalized spacial score (nSPS) is 20.7. The van der Waals surface area contributed by atoms with Gasteiger partial charge in [0.1, 0.15) is 5.54 Å². The van der Waals surface area contributed by atoms with Crippen molar-refractivity contribution < 1.29 is 4.79 Å². The zero-order chi connectivity index (χ0) is 12.9. The molecule has 1 aliphatic carbocycles. The molecule has 1 aromatic carbocycles. The van der Waals surface area contributed by atoms with E-state index in [9.17, 15) is 4.79 Å². The third-order valence-corrected chi connectivity index (χ3v) is 4.73. The first-order valence-corrected chi connectivity index (χ1v) is 7.25. The molecule has 3 rings (SSSR count). The maximum absolute atomic E-state index is 12.5. The van der Waals surface area contributed by atoms with Crippen molar-refractivity contribution in [2.75, 3.05) is 10.2 Å². The van der Waals surface area contributed by atoms with Gasteiger partial charge in [-0.1, -0.05) is 6.07 Å². The van der Waals surface area contributed by atoms with Crippen molar-refractivity contribution in [1.29, 1.82) is 0 Å². The van der Waals surface area contributed by atoms with Crippen LogP contribution < -0.4 is 10.2 Å². The average molecular weight is 309 g/mol. The zero-order valence-electron chi connectivity index (χ0n) is 10.7. The summed E-state index contributed by atoms with van der Waals surface area (Å²) in [7, 11) is 0. The number of fused-ring (bicyclic) bond motifs is 1. The first kappa shape index (κ1) is 12.0. The second-order valence-corrected chi connectivity index (χ2v) is 6.29. The Labute approximate surface area is 116 Å². The molecular formula is C14H17BrN2O. The summed E-state index contributed by atoms with van der Waals surface area (Å²) in [4.78, 5) is 14.8. The third-order valence-electron chi connectivity index (χ3n) is 4.07. The van der Waals surface area contributed by atoms with Crippen LogP contribution in [0.2, 0.25) is 0 Å². The van der Waals surface area contributed by atoms with E-state index in [1.54, 1.807) is 0 Å². The third kappa shape index (κ3) is 1.44. The zero-order valence-corrected chi connectivity index (χ0v) is 12.3. The Kier molecular flexibility index (Phi) is 2.66. The summed E-state index contributed by atoms with van der Waals surface area (Å²) in [5.74, 6) is 0.154. The molecule has 4 heteroatoms. The molecule has 0 aromatic heterocycles. The number of carbonyl (C=O) groups is 1. The molecule has 2 aliphatic rings. The fraction of sp³-hybridized carbons (Fsp3) is 0.500. The highest BCUT2D eigenvalue weighted by Crippen LogP contribution is 2.49. The van der Waals surface area contributed by atoms with Gasteiger partial charge in [-0.25, -0.2) is 0 Å². The van der Waals surface area contributed by atoms with Crippen molar-refractivity contribution >= 4 is 33.2 Å². The predicted octanol–water partition coefficient (Wildman–Crippen LogP) is 3.54. The Morgan fingerprint density at radius 3 is 2.67 bits per heavy atom. The predicted molar refractivity (Wildman–Crippen MR) is 77.0 cm³/mol. The summed E-state index contributed by atoms with van der Waals surface area (Å²) in [5, 5.41) is 3.08. The van der Waals surface area contributed by atoms with E-state index in [4.69, 9.17) is 0 Å². The van der Waals surface area contributed by atoms with Crippen LogP contribution in [-0.4, -0.2) is 17.5 Å². The molecule has 18 heavy (non-hydrogen) atoms. The number of rotatable bonds is 1. The number of carbonyl (C=O) groups excluding carboxylic acids is 1. The Morgan fingerprint density at radius 2 is 2.11 bits per heavy atom. The van der Waals surface area contributed by atoms with Crippen LogP contribution in [0.25, 0.3) is 0 Å². The van der Waals surface area contributed by atoms with Gasteiger partial charge in [-0.05, 0) is 61.2 Å². The van der Waals surface area contributed by atoms with E-state index in [1.807, 2.05) is 12.1 Å². The summed E-state index contributed by atoms with van der Waals surface area (Å²) < 4.78 is 0.952. The van der Waals surface area contributed by atoms with Gasteiger partial charge in [0.2, 0.25) is 5.91 Å². The molecule has 1 N–H and O–H groups in total. The van der Waals surface area contributed by atoms with Crippen molar-refractivity contribution in [2.24, 2.45) is 0 Å². The monoisotopic (exact) mass is 308 g/mol. The lowest BCUT2D eigenvalue weighted by Gasteiger charge is -2.54. The smallest absolute Gasteiger partial charge is 0.250 e. The number of anilines is 2. The standard InChI is InChI=1S/C14H17BrN2O/c1-9(2)17-11-6-3-5-10(15)12(11)16-13(18)14(17)7-4-8-14/h3,5-6,9H,4,7-8H2,1-2H3,(H,16,18). The average Bonchev–Trinajstić information content (AvgIpc) is 2.26. The number of hydrogen-bond donors (Lipinski definition) is 1. The van der Waals surface area contributed by atoms with E-state index in [1.165, 1.54) is 0 Å². The van der Waals surface area contributed by atoms with Gasteiger partial charge in [-0.2, -0.15) is 0 Å². The van der Waals surface area contributed by atoms with Crippen LogP contribution in [0.4, 0.5) is 11.4 Å². The number of hydrogen-bond acceptors (Lipinski definition) is 2. The second kappa shape index (κ2) is 3.98. The molecule has 1 aliphatic heterocycles. The minimum atomic E-state index is -0.304. The van der Waals surface area contributed by atoms with Crippen molar-refractivity contribution in [1.82, 2.24) is 0 Å². The minimum absolute atomic E-state index is 0.154. The van der Waals surface area contributed by atoms with Gasteiger partial charge in [0, 0.05) is 10.5 Å². The minimum Gasteiger partial charge on any atom is -0.353 e. The van der Waals surface area contributed by atoms with E-state index in [0.29, 0.717) is 6.04 Å². The lowest BCUT2D eigenvalue weighted by molar-refractivity contribution is -0.124. The molecular weight excluding hydrogens is 292 g/mol. The Hall–Kier alpha value is -1.03. The molecule has 1 fully saturated rings. The van der Waals surface area contributed by atoms with Crippen LogP contribution >= 0.6 is 15.9 Å². The number of amides is 1. The van der Waals surface area contributed by atoms with Gasteiger partial charge < -0.3 is 10.2 Å². The van der Waals surface area contributed by atoms with Crippen LogP contribution in [0.15, 0.2) is 22.7 Å². The van der Waals surface area contributed by atoms with Crippen molar-refractivity contribution in [2.45, 2.75) is 44.7 Å². The molecule has 0 unspecified atom stereocenters. The van der Waals surface area contributed by atoms with Crippen LogP contribution in [0.3, 0.4) is 0 Å². The number of halogens is 1. The van der Waals surface area contributed by atoms with E-state index in [2.05, 4.69) is 46.1 Å². The Bertz CT molecular complexity index is 509. The molecule has 0 radical (unpaired) electrons. The summed E-state index contributed by atoms with van der Waals surface area (Å²) in [6.07, 6.45) is 3.06. The van der Waals surface area contributed by atoms with Gasteiger partial charge in [0.05, 0.1) is 11.4 Å². The number of nitrogens with zero attached hydrogens (tertiary/aromatic N) is 1. The summed E-state index contributed by atoms with van der Waals surface area (Å²) in [5.41, 5.74) is 1.74. The molecule has 1 saturated carbocycles. The lowest BCUT2D eigenvalue weighted by Crippen LogP contribution is -2.65. The maximum Gasteiger partial charge on any atom is 0.250 e. The van der Waals surface area contributed by atoms with Gasteiger partial charge in [-0.3, -0.25) is 4.79 Å². The molecule has 0 saturated heterocycles. The fourth-order valence-corrected chi connectivity index (χ4v) is 3.61. The quantitative estimate of drug-likeness (QED) is 0.860. The van der Waals surface area contributed by atoms with Gasteiger partial charge in [0.15, 0.2) is 0 Å². The molecule has 1 heterocycles. The van der Waals surface area contributed by atoms with Gasteiger partial charge in [0.25, 0.3) is 0 Å². The highest BCUT2D eigenvalue weighted by Gasteiger charge is 2.53. The van der Waals surface area contributed by atoms with E-state index in [0.717, 1.165) is 35.1 Å². The van der Waals surface area contributed by atoms with Crippen LogP contribution in [0, 0.1) is 0 Å². The lowest BCUT2D eigenvalue weighted by atomic mass is 9.72. The van der Waals surface area contributed by atoms with E-state index >= 15 is 0 Å². The topological polar surface area (TPSA) is 32.3 Å². The highest BCUT2D eigenvalue weighted by atomic mass is 79.9. The maximum atomic E-state index is 12.5. The van der Waals surface area contributed by atoms with Crippen LogP contribution in [0.5, 0.6) is 0 Å². The van der Waals surface area contributed by atoms with E-state index < -0.39 is 0 Å². The summed E-state index contributed by atoms with van der Waals surface area (Å²) in [6.45, 7) is 4.31. The van der Waals surface area contributed by atoms with Gasteiger partial charge >= 0.3 is 0 Å². The summed E-state index contributed by atoms with van der Waals surface area (Å²) in [6, 6.07) is 6.42. The number of nitrogens with one attached hydrogen (secondary N) is 1. The Balaban J connectivity index is 2.17. The highest BCUT2D eigenvalue weighted by molar-refractivity contribution is 9.10. The first-order valence-electron chi connectivity index (χ1n) is 6.45. The van der Waals surface area contributed by atoms with Gasteiger partial charge in [-0.15, -0.1) is 0 Å². The fourth-order valence-electron chi connectivity index (χ4n) is 3.16. The molecule has 1 amide bonds. The number of benzene rings is 1. The number of para-hydroxylation sites is 1. The van der Waals surface area contributed by atoms with Crippen molar-refractivity contribution in [3.05, 3.63) is 22.7 Å². The second-order valence-electron chi connectivity index (χ2n) is 5.44. The molecule has 1 aromatic rings. The first-order chi connectivity index (χ1) is 8.56. The SMILES string of the molecule is CC(C)N1c2cccc(Br)c2NC(=O)C12CCC2. The summed E-state index contributed by atoms with van der Waals surface area (Å²) >= 11 is 3.52. The van der Waals surface area contributed by atoms with Crippen molar-refractivity contribution in [3.63, 3.8) is 0 Å². The van der Waals surface area contributed by atoms with Crippen LogP contribution in [-0.2, 0) is 4.79 Å². The Morgan fingerprint density at radius 1 is 1.39 bits per heavy atom. The van der Waals surface area contributed by atoms with Crippen molar-refractivity contribution in [3.8, 4) is 0 Å². The molecule has 3 nitrogen and oxygen atoms in total. The van der Waals surface area contributed by atoms with E-state index in [-0.39, 0.29) is 11.4 Å². The van der Waals surface area contributed by atoms with Crippen LogP contribution in [0.1, 0.15) is 33.1 Å². The molecule has 0 atom stereocenters. The molecule has 1 spiro atoms. The molecule has 96 valence electrons. The largest absolute Gasteiger partial charge is 0.353 e.